The summed E-state index contributed by atoms with van der Waals surface area (Å²) in [5.41, 5.74) is 2.57. The molecule has 0 aromatic heterocycles. The Morgan fingerprint density at radius 1 is 1.04 bits per heavy atom. The Labute approximate surface area is 140 Å². The molecule has 3 heteroatoms. The molecule has 1 unspecified atom stereocenters. The number of nitrogens with one attached hydrogen (secondary N) is 1. The minimum atomic E-state index is 0.311. The third kappa shape index (κ3) is 6.05. The summed E-state index contributed by atoms with van der Waals surface area (Å²) in [5, 5.41) is 3.67. The fraction of sp³-hybridized carbons (Fsp3) is 0.400. The van der Waals surface area contributed by atoms with Crippen LogP contribution in [-0.2, 0) is 6.54 Å². The zero-order valence-electron chi connectivity index (χ0n) is 14.5. The standard InChI is InChI=1S/C20H28N2O/c1-4-13-23-19-12-8-9-17(14-19)15-21-20(16-22(2)3)18-10-6-5-7-11-18/h5-12,14,20-21H,4,13,15-16H2,1-3H3. The zero-order valence-corrected chi connectivity index (χ0v) is 14.5. The van der Waals surface area contributed by atoms with E-state index in [1.54, 1.807) is 0 Å². The summed E-state index contributed by atoms with van der Waals surface area (Å²) >= 11 is 0. The van der Waals surface area contributed by atoms with Crippen LogP contribution in [0, 0.1) is 0 Å². The van der Waals surface area contributed by atoms with Crippen LogP contribution >= 0.6 is 0 Å². The summed E-state index contributed by atoms with van der Waals surface area (Å²) in [6.45, 7) is 4.69. The van der Waals surface area contributed by atoms with Gasteiger partial charge in [-0.05, 0) is 43.8 Å². The van der Waals surface area contributed by atoms with Gasteiger partial charge in [0.1, 0.15) is 5.75 Å². The largest absolute Gasteiger partial charge is 0.494 e. The van der Waals surface area contributed by atoms with Gasteiger partial charge in [-0.25, -0.2) is 0 Å². The smallest absolute Gasteiger partial charge is 0.119 e. The predicted molar refractivity (Wildman–Crippen MR) is 96.8 cm³/mol. The Morgan fingerprint density at radius 2 is 1.83 bits per heavy atom. The Morgan fingerprint density at radius 3 is 2.52 bits per heavy atom. The normalized spacial score (nSPS) is 12.3. The topological polar surface area (TPSA) is 24.5 Å². The average molecular weight is 312 g/mol. The lowest BCUT2D eigenvalue weighted by Crippen LogP contribution is -2.30. The molecule has 0 heterocycles. The molecule has 0 aliphatic rings. The first-order chi connectivity index (χ1) is 11.2. The van der Waals surface area contributed by atoms with Crippen molar-refractivity contribution in [1.82, 2.24) is 10.2 Å². The summed E-state index contributed by atoms with van der Waals surface area (Å²) in [7, 11) is 4.22. The van der Waals surface area contributed by atoms with Crippen molar-refractivity contribution in [3.05, 3.63) is 65.7 Å². The number of benzene rings is 2. The molecule has 23 heavy (non-hydrogen) atoms. The number of likely N-dealkylation sites (N-methyl/N-ethyl adjacent to an activating group) is 1. The first-order valence-corrected chi connectivity index (χ1v) is 8.34. The second-order valence-electron chi connectivity index (χ2n) is 6.10. The van der Waals surface area contributed by atoms with Crippen LogP contribution in [0.5, 0.6) is 5.75 Å². The maximum Gasteiger partial charge on any atom is 0.119 e. The lowest BCUT2D eigenvalue weighted by molar-refractivity contribution is 0.316. The molecule has 0 aliphatic carbocycles. The van der Waals surface area contributed by atoms with Crippen LogP contribution in [0.4, 0.5) is 0 Å². The van der Waals surface area contributed by atoms with E-state index in [-0.39, 0.29) is 0 Å². The second-order valence-corrected chi connectivity index (χ2v) is 6.10. The molecule has 1 N–H and O–H groups in total. The molecule has 1 atom stereocenters. The SMILES string of the molecule is CCCOc1cccc(CNC(CN(C)C)c2ccccc2)c1. The van der Waals surface area contributed by atoms with E-state index >= 15 is 0 Å². The molecule has 124 valence electrons. The Bertz CT molecular complexity index is 569. The van der Waals surface area contributed by atoms with Gasteiger partial charge >= 0.3 is 0 Å². The van der Waals surface area contributed by atoms with Gasteiger partial charge in [0.25, 0.3) is 0 Å². The van der Waals surface area contributed by atoms with Crippen molar-refractivity contribution in [2.24, 2.45) is 0 Å². The minimum Gasteiger partial charge on any atom is -0.494 e. The van der Waals surface area contributed by atoms with Crippen LogP contribution in [0.25, 0.3) is 0 Å². The average Bonchev–Trinajstić information content (AvgIpc) is 2.57. The highest BCUT2D eigenvalue weighted by Gasteiger charge is 2.11. The summed E-state index contributed by atoms with van der Waals surface area (Å²) in [6, 6.07) is 19.3. The van der Waals surface area contributed by atoms with Crippen molar-refractivity contribution >= 4 is 0 Å². The minimum absolute atomic E-state index is 0.311. The zero-order chi connectivity index (χ0) is 16.5. The van der Waals surface area contributed by atoms with Crippen LogP contribution in [0.15, 0.2) is 54.6 Å². The van der Waals surface area contributed by atoms with Crippen LogP contribution in [0.2, 0.25) is 0 Å². The Kier molecular flexibility index (Phi) is 7.11. The van der Waals surface area contributed by atoms with Crippen LogP contribution in [0.3, 0.4) is 0 Å². The highest BCUT2D eigenvalue weighted by molar-refractivity contribution is 5.29. The van der Waals surface area contributed by atoms with Crippen LogP contribution in [0.1, 0.15) is 30.5 Å². The van der Waals surface area contributed by atoms with Crippen LogP contribution in [-0.4, -0.2) is 32.1 Å². The number of hydrogen-bond donors (Lipinski definition) is 1. The molecule has 3 nitrogen and oxygen atoms in total. The number of ether oxygens (including phenoxy) is 1. The summed E-state index contributed by atoms with van der Waals surface area (Å²) in [6.07, 6.45) is 1.03. The van der Waals surface area contributed by atoms with E-state index in [1.807, 2.05) is 6.07 Å². The van der Waals surface area contributed by atoms with Gasteiger partial charge in [0.2, 0.25) is 0 Å². The van der Waals surface area contributed by atoms with Gasteiger partial charge in [0.05, 0.1) is 6.61 Å². The quantitative estimate of drug-likeness (QED) is 0.761. The highest BCUT2D eigenvalue weighted by atomic mass is 16.5. The van der Waals surface area contributed by atoms with E-state index in [0.717, 1.165) is 31.9 Å². The van der Waals surface area contributed by atoms with E-state index in [4.69, 9.17) is 4.74 Å². The summed E-state index contributed by atoms with van der Waals surface area (Å²) < 4.78 is 5.72. The molecule has 0 aliphatic heterocycles. The monoisotopic (exact) mass is 312 g/mol. The van der Waals surface area contributed by atoms with Gasteiger partial charge in [0, 0.05) is 19.1 Å². The molecular weight excluding hydrogens is 284 g/mol. The van der Waals surface area contributed by atoms with Gasteiger partial charge in [-0.15, -0.1) is 0 Å². The third-order valence-electron chi connectivity index (χ3n) is 3.67. The van der Waals surface area contributed by atoms with Gasteiger partial charge in [-0.3, -0.25) is 0 Å². The molecule has 0 fully saturated rings. The number of nitrogens with zero attached hydrogens (tertiary/aromatic N) is 1. The maximum atomic E-state index is 5.72. The molecule has 0 radical (unpaired) electrons. The van der Waals surface area contributed by atoms with Crippen molar-refractivity contribution in [1.29, 1.82) is 0 Å². The van der Waals surface area contributed by atoms with E-state index < -0.39 is 0 Å². The molecule has 0 spiro atoms. The van der Waals surface area contributed by atoms with Crippen molar-refractivity contribution in [2.45, 2.75) is 25.9 Å². The van der Waals surface area contributed by atoms with E-state index in [1.165, 1.54) is 11.1 Å². The molecule has 0 amide bonds. The molecule has 2 rings (SSSR count). The Hall–Kier alpha value is -1.84. The molecule has 2 aromatic rings. The Balaban J connectivity index is 2.00. The lowest BCUT2D eigenvalue weighted by Gasteiger charge is -2.23. The first kappa shape index (κ1) is 17.5. The number of rotatable bonds is 9. The van der Waals surface area contributed by atoms with Crippen molar-refractivity contribution in [2.75, 3.05) is 27.2 Å². The summed E-state index contributed by atoms with van der Waals surface area (Å²) in [5.74, 6) is 0.954. The molecule has 0 saturated heterocycles. The predicted octanol–water partition coefficient (Wildman–Crippen LogP) is 3.87. The fourth-order valence-corrected chi connectivity index (χ4v) is 2.54. The first-order valence-electron chi connectivity index (χ1n) is 8.34. The molecule has 2 aromatic carbocycles. The highest BCUT2D eigenvalue weighted by Crippen LogP contribution is 2.17. The molecule has 0 saturated carbocycles. The van der Waals surface area contributed by atoms with Crippen molar-refractivity contribution < 1.29 is 4.74 Å². The van der Waals surface area contributed by atoms with Gasteiger partial charge < -0.3 is 15.0 Å². The van der Waals surface area contributed by atoms with Gasteiger partial charge in [-0.2, -0.15) is 0 Å². The van der Waals surface area contributed by atoms with Crippen molar-refractivity contribution in [3.8, 4) is 5.75 Å². The molecule has 0 bridgehead atoms. The number of hydrogen-bond acceptors (Lipinski definition) is 3. The fourth-order valence-electron chi connectivity index (χ4n) is 2.54. The van der Waals surface area contributed by atoms with E-state index in [2.05, 4.69) is 79.8 Å². The maximum absolute atomic E-state index is 5.72. The summed E-state index contributed by atoms with van der Waals surface area (Å²) in [4.78, 5) is 2.21. The van der Waals surface area contributed by atoms with Crippen LogP contribution < -0.4 is 10.1 Å². The van der Waals surface area contributed by atoms with Crippen molar-refractivity contribution in [3.63, 3.8) is 0 Å². The lowest BCUT2D eigenvalue weighted by atomic mass is 10.1. The van der Waals surface area contributed by atoms with E-state index in [9.17, 15) is 0 Å². The third-order valence-corrected chi connectivity index (χ3v) is 3.67. The van der Waals surface area contributed by atoms with E-state index in [0.29, 0.717) is 6.04 Å². The second kappa shape index (κ2) is 9.33. The molecular formula is C20H28N2O. The van der Waals surface area contributed by atoms with Gasteiger partial charge in [-0.1, -0.05) is 49.4 Å². The van der Waals surface area contributed by atoms with Gasteiger partial charge in [0.15, 0.2) is 0 Å².